The molecule has 1 aromatic rings. The van der Waals surface area contributed by atoms with E-state index in [1.54, 1.807) is 17.9 Å². The highest BCUT2D eigenvalue weighted by Gasteiger charge is 2.27. The van der Waals surface area contributed by atoms with Gasteiger partial charge in [0.05, 0.1) is 22.3 Å². The first-order valence-electron chi connectivity index (χ1n) is 6.28. The monoisotopic (exact) mass is 310 g/mol. The summed E-state index contributed by atoms with van der Waals surface area (Å²) in [6.45, 7) is 2.62. The van der Waals surface area contributed by atoms with E-state index in [0.29, 0.717) is 36.6 Å². The van der Waals surface area contributed by atoms with Gasteiger partial charge in [0.2, 0.25) is 5.91 Å². The predicted octanol–water partition coefficient (Wildman–Crippen LogP) is 2.40. The maximum absolute atomic E-state index is 12.0. The number of thiophene rings is 1. The van der Waals surface area contributed by atoms with Gasteiger partial charge in [0, 0.05) is 13.0 Å². The van der Waals surface area contributed by atoms with Crippen LogP contribution in [0.5, 0.6) is 0 Å². The SMILES string of the molecule is CCOC(=O)CCCN1C(=O)CSc2sc(C#N)cc21. The van der Waals surface area contributed by atoms with E-state index < -0.39 is 0 Å². The number of thioether (sulfide) groups is 1. The van der Waals surface area contributed by atoms with Gasteiger partial charge in [-0.1, -0.05) is 0 Å². The van der Waals surface area contributed by atoms with Crippen LogP contribution >= 0.6 is 23.1 Å². The Kier molecular flexibility index (Phi) is 5.04. The molecule has 1 amide bonds. The van der Waals surface area contributed by atoms with Crippen molar-refractivity contribution in [3.05, 3.63) is 10.9 Å². The second-order valence-electron chi connectivity index (χ2n) is 4.14. The van der Waals surface area contributed by atoms with Crippen molar-refractivity contribution in [1.82, 2.24) is 0 Å². The lowest BCUT2D eigenvalue weighted by Gasteiger charge is -2.26. The van der Waals surface area contributed by atoms with Crippen LogP contribution in [0, 0.1) is 11.3 Å². The van der Waals surface area contributed by atoms with Gasteiger partial charge in [-0.15, -0.1) is 23.1 Å². The molecular formula is C13H14N2O3S2. The molecular weight excluding hydrogens is 296 g/mol. The van der Waals surface area contributed by atoms with Gasteiger partial charge in [0.1, 0.15) is 10.9 Å². The fraction of sp³-hybridized carbons (Fsp3) is 0.462. The number of amides is 1. The summed E-state index contributed by atoms with van der Waals surface area (Å²) in [7, 11) is 0. The lowest BCUT2D eigenvalue weighted by molar-refractivity contribution is -0.143. The largest absolute Gasteiger partial charge is 0.466 e. The molecule has 5 nitrogen and oxygen atoms in total. The fourth-order valence-corrected chi connectivity index (χ4v) is 4.01. The zero-order valence-electron chi connectivity index (χ0n) is 11.0. The van der Waals surface area contributed by atoms with E-state index >= 15 is 0 Å². The number of hydrogen-bond acceptors (Lipinski definition) is 6. The number of carbonyl (C=O) groups excluding carboxylic acids is 2. The van der Waals surface area contributed by atoms with Crippen LogP contribution in [0.1, 0.15) is 24.6 Å². The third-order valence-corrected chi connectivity index (χ3v) is 5.07. The Morgan fingerprint density at radius 3 is 3.10 bits per heavy atom. The molecule has 1 aliphatic heterocycles. The summed E-state index contributed by atoms with van der Waals surface area (Å²) in [6.07, 6.45) is 0.863. The first-order chi connectivity index (χ1) is 9.65. The Balaban J connectivity index is 2.01. The van der Waals surface area contributed by atoms with Crippen molar-refractivity contribution < 1.29 is 14.3 Å². The summed E-state index contributed by atoms with van der Waals surface area (Å²) in [4.78, 5) is 25.5. The van der Waals surface area contributed by atoms with Gasteiger partial charge in [-0.2, -0.15) is 5.26 Å². The second kappa shape index (κ2) is 6.77. The molecule has 0 saturated heterocycles. The molecule has 0 fully saturated rings. The standard InChI is InChI=1S/C13H14N2O3S2/c1-2-18-12(17)4-3-5-15-10-6-9(7-14)20-13(10)19-8-11(15)16/h6H,2-5,8H2,1H3. The lowest BCUT2D eigenvalue weighted by Crippen LogP contribution is -2.35. The van der Waals surface area contributed by atoms with Crippen LogP contribution in [-0.2, 0) is 14.3 Å². The van der Waals surface area contributed by atoms with Crippen molar-refractivity contribution >= 4 is 40.7 Å². The molecule has 0 bridgehead atoms. The highest BCUT2D eigenvalue weighted by Crippen LogP contribution is 2.41. The molecule has 0 aromatic carbocycles. The van der Waals surface area contributed by atoms with E-state index in [1.165, 1.54) is 23.1 Å². The quantitative estimate of drug-likeness (QED) is 0.781. The fourth-order valence-electron chi connectivity index (χ4n) is 1.91. The lowest BCUT2D eigenvalue weighted by atomic mass is 10.2. The molecule has 0 N–H and O–H groups in total. The van der Waals surface area contributed by atoms with E-state index in [4.69, 9.17) is 10.00 Å². The summed E-state index contributed by atoms with van der Waals surface area (Å²) in [6, 6.07) is 3.85. The van der Waals surface area contributed by atoms with Crippen LogP contribution in [0.2, 0.25) is 0 Å². The molecule has 0 radical (unpaired) electrons. The number of rotatable bonds is 5. The van der Waals surface area contributed by atoms with E-state index in [9.17, 15) is 9.59 Å². The van der Waals surface area contributed by atoms with Crippen molar-refractivity contribution in [1.29, 1.82) is 5.26 Å². The van der Waals surface area contributed by atoms with Crippen LogP contribution in [0.3, 0.4) is 0 Å². The van der Waals surface area contributed by atoms with E-state index in [2.05, 4.69) is 6.07 Å². The molecule has 1 aliphatic rings. The van der Waals surface area contributed by atoms with Crippen LogP contribution in [0.4, 0.5) is 5.69 Å². The molecule has 0 saturated carbocycles. The molecule has 0 unspecified atom stereocenters. The maximum atomic E-state index is 12.0. The third kappa shape index (κ3) is 3.32. The average molecular weight is 310 g/mol. The number of ether oxygens (including phenoxy) is 1. The molecule has 7 heteroatoms. The Morgan fingerprint density at radius 2 is 2.40 bits per heavy atom. The van der Waals surface area contributed by atoms with Gasteiger partial charge >= 0.3 is 5.97 Å². The van der Waals surface area contributed by atoms with Gasteiger partial charge in [-0.25, -0.2) is 0 Å². The number of esters is 1. The van der Waals surface area contributed by atoms with Crippen molar-refractivity contribution in [2.45, 2.75) is 24.0 Å². The molecule has 0 spiro atoms. The first-order valence-corrected chi connectivity index (χ1v) is 8.08. The summed E-state index contributed by atoms with van der Waals surface area (Å²) in [5.41, 5.74) is 0.802. The van der Waals surface area contributed by atoms with Gasteiger partial charge in [0.15, 0.2) is 0 Å². The second-order valence-corrected chi connectivity index (χ2v) is 6.43. The number of nitrogens with zero attached hydrogens (tertiary/aromatic N) is 2. The Bertz CT molecular complexity index is 562. The smallest absolute Gasteiger partial charge is 0.305 e. The molecule has 106 valence electrons. The average Bonchev–Trinajstić information content (AvgIpc) is 2.85. The van der Waals surface area contributed by atoms with Gasteiger partial charge in [0.25, 0.3) is 0 Å². The maximum Gasteiger partial charge on any atom is 0.305 e. The zero-order chi connectivity index (χ0) is 14.5. The Morgan fingerprint density at radius 1 is 1.60 bits per heavy atom. The summed E-state index contributed by atoms with van der Waals surface area (Å²) in [5, 5.41) is 8.93. The number of carbonyl (C=O) groups is 2. The van der Waals surface area contributed by atoms with Crippen molar-refractivity contribution in [2.24, 2.45) is 0 Å². The van der Waals surface area contributed by atoms with Crippen LogP contribution in [0.25, 0.3) is 0 Å². The molecule has 2 heterocycles. The van der Waals surface area contributed by atoms with Crippen LogP contribution in [-0.4, -0.2) is 30.8 Å². The van der Waals surface area contributed by atoms with Gasteiger partial charge in [-0.05, 0) is 19.4 Å². The summed E-state index contributed by atoms with van der Waals surface area (Å²) in [5.74, 6) is 0.167. The number of fused-ring (bicyclic) bond motifs is 1. The Hall–Kier alpha value is -1.52. The zero-order valence-corrected chi connectivity index (χ0v) is 12.7. The predicted molar refractivity (Wildman–Crippen MR) is 78.0 cm³/mol. The Labute approximate surface area is 125 Å². The minimum atomic E-state index is -0.241. The molecule has 20 heavy (non-hydrogen) atoms. The molecule has 2 rings (SSSR count). The highest BCUT2D eigenvalue weighted by molar-refractivity contribution is 8.02. The minimum absolute atomic E-state index is 0.0219. The van der Waals surface area contributed by atoms with Gasteiger partial charge in [-0.3, -0.25) is 9.59 Å². The normalized spacial score (nSPS) is 13.8. The van der Waals surface area contributed by atoms with E-state index in [-0.39, 0.29) is 11.9 Å². The molecule has 0 atom stereocenters. The topological polar surface area (TPSA) is 70.4 Å². The summed E-state index contributed by atoms with van der Waals surface area (Å²) < 4.78 is 5.86. The third-order valence-electron chi connectivity index (χ3n) is 2.78. The van der Waals surface area contributed by atoms with E-state index in [1.807, 2.05) is 0 Å². The van der Waals surface area contributed by atoms with Crippen molar-refractivity contribution in [2.75, 3.05) is 23.8 Å². The molecule has 1 aromatic heterocycles. The number of nitriles is 1. The number of hydrogen-bond donors (Lipinski definition) is 0. The summed E-state index contributed by atoms with van der Waals surface area (Å²) >= 11 is 2.87. The highest BCUT2D eigenvalue weighted by atomic mass is 32.2. The van der Waals surface area contributed by atoms with E-state index in [0.717, 1.165) is 9.90 Å². The first kappa shape index (κ1) is 14.9. The minimum Gasteiger partial charge on any atom is -0.466 e. The number of anilines is 1. The van der Waals surface area contributed by atoms with Crippen LogP contribution < -0.4 is 4.90 Å². The molecule has 0 aliphatic carbocycles. The van der Waals surface area contributed by atoms with Crippen LogP contribution in [0.15, 0.2) is 10.3 Å². The van der Waals surface area contributed by atoms with Crippen molar-refractivity contribution in [3.63, 3.8) is 0 Å². The van der Waals surface area contributed by atoms with Gasteiger partial charge < -0.3 is 9.64 Å². The van der Waals surface area contributed by atoms with Crippen molar-refractivity contribution in [3.8, 4) is 6.07 Å².